The van der Waals surface area contributed by atoms with Crippen molar-refractivity contribution in [2.24, 2.45) is 11.8 Å². The number of rotatable bonds is 4. The van der Waals surface area contributed by atoms with Crippen molar-refractivity contribution in [2.45, 2.75) is 32.6 Å². The zero-order valence-electron chi connectivity index (χ0n) is 12.0. The van der Waals surface area contributed by atoms with E-state index in [1.807, 2.05) is 0 Å². The Kier molecular flexibility index (Phi) is 5.17. The minimum atomic E-state index is -0.582. The molecule has 2 rings (SSSR count). The minimum absolute atomic E-state index is 0.0396. The molecule has 1 aromatic rings. The lowest BCUT2D eigenvalue weighted by Crippen LogP contribution is -2.31. The van der Waals surface area contributed by atoms with Crippen molar-refractivity contribution in [1.82, 2.24) is 5.32 Å². The van der Waals surface area contributed by atoms with Crippen molar-refractivity contribution in [2.75, 3.05) is 6.54 Å². The van der Waals surface area contributed by atoms with Crippen molar-refractivity contribution < 1.29 is 9.72 Å². The molecule has 0 heterocycles. The molecule has 0 aromatic heterocycles. The first-order valence-electron chi connectivity index (χ1n) is 7.19. The van der Waals surface area contributed by atoms with E-state index in [-0.39, 0.29) is 22.2 Å². The van der Waals surface area contributed by atoms with Gasteiger partial charge in [-0.15, -0.1) is 0 Å². The van der Waals surface area contributed by atoms with Crippen LogP contribution < -0.4 is 5.32 Å². The molecular formula is C15H19ClN2O3. The summed E-state index contributed by atoms with van der Waals surface area (Å²) in [6.45, 7) is 2.88. The van der Waals surface area contributed by atoms with Gasteiger partial charge in [0.25, 0.3) is 11.6 Å². The van der Waals surface area contributed by atoms with Crippen molar-refractivity contribution in [3.63, 3.8) is 0 Å². The predicted molar refractivity (Wildman–Crippen MR) is 81.6 cm³/mol. The molecule has 1 N–H and O–H groups in total. The molecule has 1 aromatic carbocycles. The van der Waals surface area contributed by atoms with Gasteiger partial charge in [-0.05, 0) is 36.8 Å². The van der Waals surface area contributed by atoms with Crippen molar-refractivity contribution >= 4 is 23.2 Å². The van der Waals surface area contributed by atoms with E-state index in [1.54, 1.807) is 0 Å². The number of amides is 1. The Morgan fingerprint density at radius 3 is 2.67 bits per heavy atom. The highest BCUT2D eigenvalue weighted by Crippen LogP contribution is 2.28. The van der Waals surface area contributed by atoms with E-state index in [4.69, 9.17) is 11.6 Å². The average Bonchev–Trinajstić information content (AvgIpc) is 2.46. The molecule has 6 heteroatoms. The summed E-state index contributed by atoms with van der Waals surface area (Å²) in [5.41, 5.74) is 0.0334. The Labute approximate surface area is 128 Å². The largest absolute Gasteiger partial charge is 0.352 e. The van der Waals surface area contributed by atoms with Crippen LogP contribution in [0, 0.1) is 22.0 Å². The lowest BCUT2D eigenvalue weighted by molar-refractivity contribution is -0.384. The second kappa shape index (κ2) is 6.89. The van der Waals surface area contributed by atoms with Gasteiger partial charge < -0.3 is 5.32 Å². The molecular weight excluding hydrogens is 292 g/mol. The second-order valence-electron chi connectivity index (χ2n) is 5.76. The molecule has 21 heavy (non-hydrogen) atoms. The summed E-state index contributed by atoms with van der Waals surface area (Å²) in [6.07, 6.45) is 4.66. The lowest BCUT2D eigenvalue weighted by Gasteiger charge is -2.26. The van der Waals surface area contributed by atoms with Gasteiger partial charge >= 0.3 is 0 Å². The number of hydrogen-bond donors (Lipinski definition) is 1. The Morgan fingerprint density at radius 1 is 1.38 bits per heavy atom. The van der Waals surface area contributed by atoms with Crippen molar-refractivity contribution in [1.29, 1.82) is 0 Å². The third kappa shape index (κ3) is 4.17. The van der Waals surface area contributed by atoms with Gasteiger partial charge in [-0.25, -0.2) is 0 Å². The van der Waals surface area contributed by atoms with Crippen LogP contribution >= 0.6 is 11.6 Å². The zero-order chi connectivity index (χ0) is 15.4. The van der Waals surface area contributed by atoms with E-state index in [0.717, 1.165) is 18.8 Å². The van der Waals surface area contributed by atoms with Crippen LogP contribution in [0.25, 0.3) is 0 Å². The van der Waals surface area contributed by atoms with Crippen molar-refractivity contribution in [3.05, 3.63) is 38.9 Å². The maximum absolute atomic E-state index is 12.1. The number of nitrogens with one attached hydrogen (secondary N) is 1. The summed E-state index contributed by atoms with van der Waals surface area (Å²) in [7, 11) is 0. The summed E-state index contributed by atoms with van der Waals surface area (Å²) in [5, 5.41) is 13.7. The Bertz CT molecular complexity index is 540. The third-order valence-electron chi connectivity index (χ3n) is 4.09. The fourth-order valence-electron chi connectivity index (χ4n) is 2.67. The Morgan fingerprint density at radius 2 is 2.05 bits per heavy atom. The van der Waals surface area contributed by atoms with Crippen LogP contribution in [0.1, 0.15) is 43.0 Å². The number of benzene rings is 1. The van der Waals surface area contributed by atoms with E-state index in [0.29, 0.717) is 12.5 Å². The fraction of sp³-hybridized carbons (Fsp3) is 0.533. The Balaban J connectivity index is 1.94. The molecule has 1 saturated carbocycles. The van der Waals surface area contributed by atoms with E-state index in [2.05, 4.69) is 12.2 Å². The molecule has 1 fully saturated rings. The number of nitrogens with zero attached hydrogens (tertiary/aromatic N) is 1. The highest BCUT2D eigenvalue weighted by Gasteiger charge is 2.20. The van der Waals surface area contributed by atoms with E-state index >= 15 is 0 Å². The first-order valence-corrected chi connectivity index (χ1v) is 7.57. The normalized spacial score (nSPS) is 21.8. The van der Waals surface area contributed by atoms with Crippen LogP contribution in [-0.2, 0) is 0 Å². The molecule has 0 atom stereocenters. The first kappa shape index (κ1) is 15.8. The van der Waals surface area contributed by atoms with Crippen LogP contribution in [0.5, 0.6) is 0 Å². The predicted octanol–water partition coefficient (Wildman–Crippen LogP) is 3.80. The van der Waals surface area contributed by atoms with Crippen LogP contribution in [0.15, 0.2) is 18.2 Å². The third-order valence-corrected chi connectivity index (χ3v) is 4.41. The van der Waals surface area contributed by atoms with Crippen LogP contribution in [0.2, 0.25) is 5.02 Å². The summed E-state index contributed by atoms with van der Waals surface area (Å²) in [5.74, 6) is 0.997. The van der Waals surface area contributed by atoms with Crippen LogP contribution in [0.3, 0.4) is 0 Å². The number of carbonyl (C=O) groups excluding carboxylic acids is 1. The highest BCUT2D eigenvalue weighted by molar-refractivity contribution is 6.32. The van der Waals surface area contributed by atoms with Gasteiger partial charge in [0.15, 0.2) is 0 Å². The summed E-state index contributed by atoms with van der Waals surface area (Å²) >= 11 is 5.73. The standard InChI is InChI=1S/C15H19ClN2O3/c1-10-2-4-11(5-3-10)9-17-15(19)12-6-7-13(16)14(8-12)18(20)21/h6-8,10-11H,2-5,9H2,1H3,(H,17,19). The zero-order valence-corrected chi connectivity index (χ0v) is 12.7. The maximum atomic E-state index is 12.1. The smallest absolute Gasteiger partial charge is 0.288 e. The Hall–Kier alpha value is -1.62. The number of halogens is 1. The molecule has 0 bridgehead atoms. The molecule has 1 aliphatic rings. The summed E-state index contributed by atoms with van der Waals surface area (Å²) < 4.78 is 0. The summed E-state index contributed by atoms with van der Waals surface area (Å²) in [6, 6.07) is 4.12. The SMILES string of the molecule is CC1CCC(CNC(=O)c2ccc(Cl)c([N+](=O)[O-])c2)CC1. The monoisotopic (exact) mass is 310 g/mol. The minimum Gasteiger partial charge on any atom is -0.352 e. The highest BCUT2D eigenvalue weighted by atomic mass is 35.5. The summed E-state index contributed by atoms with van der Waals surface area (Å²) in [4.78, 5) is 22.3. The van der Waals surface area contributed by atoms with Crippen LogP contribution in [-0.4, -0.2) is 17.4 Å². The molecule has 0 spiro atoms. The molecule has 114 valence electrons. The molecule has 0 saturated heterocycles. The number of nitro groups is 1. The quantitative estimate of drug-likeness (QED) is 0.679. The topological polar surface area (TPSA) is 72.2 Å². The van der Waals surface area contributed by atoms with E-state index in [1.165, 1.54) is 31.0 Å². The number of hydrogen-bond acceptors (Lipinski definition) is 3. The average molecular weight is 311 g/mol. The molecule has 0 radical (unpaired) electrons. The van der Waals surface area contributed by atoms with Gasteiger partial charge in [-0.1, -0.05) is 31.4 Å². The molecule has 1 amide bonds. The van der Waals surface area contributed by atoms with Gasteiger partial charge in [0.1, 0.15) is 5.02 Å². The van der Waals surface area contributed by atoms with E-state index < -0.39 is 4.92 Å². The first-order chi connectivity index (χ1) is 9.97. The van der Waals surface area contributed by atoms with Gasteiger partial charge in [0.2, 0.25) is 0 Å². The van der Waals surface area contributed by atoms with Gasteiger partial charge in [-0.3, -0.25) is 14.9 Å². The van der Waals surface area contributed by atoms with Gasteiger partial charge in [-0.2, -0.15) is 0 Å². The fourth-order valence-corrected chi connectivity index (χ4v) is 2.85. The second-order valence-corrected chi connectivity index (χ2v) is 6.17. The lowest BCUT2D eigenvalue weighted by atomic mass is 9.83. The molecule has 0 aliphatic heterocycles. The van der Waals surface area contributed by atoms with Crippen molar-refractivity contribution in [3.8, 4) is 0 Å². The van der Waals surface area contributed by atoms with E-state index in [9.17, 15) is 14.9 Å². The number of carbonyl (C=O) groups is 1. The maximum Gasteiger partial charge on any atom is 0.288 e. The van der Waals surface area contributed by atoms with Gasteiger partial charge in [0, 0.05) is 18.2 Å². The molecule has 5 nitrogen and oxygen atoms in total. The molecule has 1 aliphatic carbocycles. The molecule has 0 unspecified atom stereocenters. The van der Waals surface area contributed by atoms with Crippen LogP contribution in [0.4, 0.5) is 5.69 Å². The number of nitro benzene ring substituents is 1. The van der Waals surface area contributed by atoms with Gasteiger partial charge in [0.05, 0.1) is 4.92 Å².